The molecule has 0 aliphatic carbocycles. The number of rotatable bonds is 13. The molecule has 0 saturated carbocycles. The highest BCUT2D eigenvalue weighted by atomic mass is 35.5. The summed E-state index contributed by atoms with van der Waals surface area (Å²) in [5.74, 6) is -1.47. The Bertz CT molecular complexity index is 1400. The van der Waals surface area contributed by atoms with Gasteiger partial charge < -0.3 is 10.2 Å². The van der Waals surface area contributed by atoms with Crippen LogP contribution >= 0.6 is 11.6 Å². The van der Waals surface area contributed by atoms with Crippen molar-refractivity contribution >= 4 is 39.1 Å². The average Bonchev–Trinajstić information content (AvgIpc) is 2.93. The molecule has 0 radical (unpaired) electrons. The number of benzene rings is 3. The topological polar surface area (TPSA) is 86.8 Å². The van der Waals surface area contributed by atoms with Gasteiger partial charge in [-0.2, -0.15) is 0 Å². The van der Waals surface area contributed by atoms with Crippen molar-refractivity contribution in [3.05, 3.63) is 94.8 Å². The fourth-order valence-corrected chi connectivity index (χ4v) is 5.82. The van der Waals surface area contributed by atoms with E-state index in [2.05, 4.69) is 5.32 Å². The molecule has 10 heteroatoms. The Hall–Kier alpha value is -3.43. The van der Waals surface area contributed by atoms with Gasteiger partial charge in [-0.1, -0.05) is 67.8 Å². The Morgan fingerprint density at radius 2 is 1.62 bits per heavy atom. The summed E-state index contributed by atoms with van der Waals surface area (Å²) in [7, 11) is -4.23. The van der Waals surface area contributed by atoms with Crippen LogP contribution in [0.4, 0.5) is 10.1 Å². The number of aryl methyl sites for hydroxylation is 1. The van der Waals surface area contributed by atoms with Crippen LogP contribution in [-0.2, 0) is 26.2 Å². The van der Waals surface area contributed by atoms with Crippen molar-refractivity contribution in [3.63, 3.8) is 0 Å². The smallest absolute Gasteiger partial charge is 0.264 e. The molecule has 0 saturated heterocycles. The first-order valence-corrected chi connectivity index (χ1v) is 15.1. The monoisotopic (exact) mass is 587 g/mol. The molecule has 0 fully saturated rings. The third-order valence-corrected chi connectivity index (χ3v) is 8.67. The maximum Gasteiger partial charge on any atom is 0.264 e. The van der Waals surface area contributed by atoms with E-state index in [1.54, 1.807) is 43.3 Å². The zero-order chi connectivity index (χ0) is 29.3. The van der Waals surface area contributed by atoms with E-state index in [0.29, 0.717) is 23.6 Å². The lowest BCUT2D eigenvalue weighted by atomic mass is 10.1. The molecule has 3 aromatic carbocycles. The Balaban J connectivity index is 2.04. The van der Waals surface area contributed by atoms with E-state index in [9.17, 15) is 22.4 Å². The number of nitrogens with one attached hydrogen (secondary N) is 1. The molecular formula is C30H35ClFN3O4S. The zero-order valence-corrected chi connectivity index (χ0v) is 24.5. The predicted octanol–water partition coefficient (Wildman–Crippen LogP) is 5.71. The summed E-state index contributed by atoms with van der Waals surface area (Å²) in [6.45, 7) is 5.49. The van der Waals surface area contributed by atoms with E-state index < -0.39 is 34.3 Å². The number of carbonyl (C=O) groups excluding carboxylic acids is 2. The number of hydrogen-bond acceptors (Lipinski definition) is 4. The lowest BCUT2D eigenvalue weighted by molar-refractivity contribution is -0.140. The zero-order valence-electron chi connectivity index (χ0n) is 22.9. The largest absolute Gasteiger partial charge is 0.354 e. The Morgan fingerprint density at radius 1 is 0.975 bits per heavy atom. The number of halogens is 2. The molecule has 0 aromatic heterocycles. The number of carbonyl (C=O) groups is 2. The first-order chi connectivity index (χ1) is 19.1. The number of nitrogens with zero attached hydrogens (tertiary/aromatic N) is 2. The highest BCUT2D eigenvalue weighted by Gasteiger charge is 2.33. The summed E-state index contributed by atoms with van der Waals surface area (Å²) in [4.78, 5) is 28.5. The molecule has 40 heavy (non-hydrogen) atoms. The highest BCUT2D eigenvalue weighted by molar-refractivity contribution is 7.92. The van der Waals surface area contributed by atoms with Gasteiger partial charge in [0.1, 0.15) is 18.4 Å². The first kappa shape index (κ1) is 31.1. The van der Waals surface area contributed by atoms with Crippen LogP contribution in [0.15, 0.2) is 77.7 Å². The van der Waals surface area contributed by atoms with E-state index in [-0.39, 0.29) is 23.0 Å². The van der Waals surface area contributed by atoms with E-state index in [4.69, 9.17) is 11.6 Å². The molecule has 214 valence electrons. The van der Waals surface area contributed by atoms with Crippen molar-refractivity contribution in [2.75, 3.05) is 17.4 Å². The lowest BCUT2D eigenvalue weighted by Gasteiger charge is -2.33. The molecule has 0 spiro atoms. The molecule has 3 rings (SSSR count). The van der Waals surface area contributed by atoms with Crippen LogP contribution in [0.5, 0.6) is 0 Å². The first-order valence-electron chi connectivity index (χ1n) is 13.2. The summed E-state index contributed by atoms with van der Waals surface area (Å²) >= 11 is 6.40. The van der Waals surface area contributed by atoms with Crippen LogP contribution in [0.3, 0.4) is 0 Å². The van der Waals surface area contributed by atoms with Crippen LogP contribution in [0, 0.1) is 12.7 Å². The maximum absolute atomic E-state index is 14.0. The highest BCUT2D eigenvalue weighted by Crippen LogP contribution is 2.26. The molecule has 1 N–H and O–H groups in total. The third kappa shape index (κ3) is 7.82. The SMILES string of the molecule is CCCCNC(=O)[C@@H](CC)N(Cc1ccccc1Cl)C(=O)CN(c1ccc(F)cc1)S(=O)(=O)c1ccc(C)cc1. The summed E-state index contributed by atoms with van der Waals surface area (Å²) < 4.78 is 42.3. The quantitative estimate of drug-likeness (QED) is 0.260. The van der Waals surface area contributed by atoms with Gasteiger partial charge in [0.25, 0.3) is 10.0 Å². The molecule has 0 unspecified atom stereocenters. The molecular weight excluding hydrogens is 553 g/mol. The predicted molar refractivity (Wildman–Crippen MR) is 156 cm³/mol. The van der Waals surface area contributed by atoms with E-state index >= 15 is 0 Å². The summed E-state index contributed by atoms with van der Waals surface area (Å²) in [5, 5.41) is 3.30. The number of unbranched alkanes of at least 4 members (excludes halogenated alkanes) is 1. The lowest BCUT2D eigenvalue weighted by Crippen LogP contribution is -2.52. The molecule has 0 aliphatic rings. The van der Waals surface area contributed by atoms with Gasteiger partial charge >= 0.3 is 0 Å². The van der Waals surface area contributed by atoms with Gasteiger partial charge in [0.05, 0.1) is 10.6 Å². The van der Waals surface area contributed by atoms with Crippen molar-refractivity contribution in [1.82, 2.24) is 10.2 Å². The van der Waals surface area contributed by atoms with Crippen LogP contribution in [0.1, 0.15) is 44.2 Å². The molecule has 0 heterocycles. The van der Waals surface area contributed by atoms with Gasteiger partial charge in [-0.05, 0) is 67.8 Å². The molecule has 0 bridgehead atoms. The van der Waals surface area contributed by atoms with Gasteiger partial charge in [-0.3, -0.25) is 13.9 Å². The second-order valence-electron chi connectivity index (χ2n) is 9.48. The van der Waals surface area contributed by atoms with E-state index in [0.717, 1.165) is 34.8 Å². The summed E-state index contributed by atoms with van der Waals surface area (Å²) in [6.07, 6.45) is 1.98. The van der Waals surface area contributed by atoms with Crippen molar-refractivity contribution < 1.29 is 22.4 Å². The average molecular weight is 588 g/mol. The van der Waals surface area contributed by atoms with Gasteiger partial charge in [0, 0.05) is 18.1 Å². The van der Waals surface area contributed by atoms with Gasteiger partial charge in [0.15, 0.2) is 0 Å². The van der Waals surface area contributed by atoms with Crippen LogP contribution in [-0.4, -0.2) is 44.3 Å². The maximum atomic E-state index is 14.0. The number of hydrogen-bond donors (Lipinski definition) is 1. The Labute approximate surface area is 241 Å². The van der Waals surface area contributed by atoms with E-state index in [1.807, 2.05) is 13.8 Å². The fourth-order valence-electron chi connectivity index (χ4n) is 4.21. The van der Waals surface area contributed by atoms with Crippen molar-refractivity contribution in [2.24, 2.45) is 0 Å². The second-order valence-corrected chi connectivity index (χ2v) is 11.8. The number of anilines is 1. The minimum Gasteiger partial charge on any atom is -0.354 e. The Kier molecular flexibility index (Phi) is 11.1. The summed E-state index contributed by atoms with van der Waals surface area (Å²) in [5.41, 5.74) is 1.61. The van der Waals surface area contributed by atoms with Crippen molar-refractivity contribution in [3.8, 4) is 0 Å². The number of sulfonamides is 1. The van der Waals surface area contributed by atoms with Crippen molar-refractivity contribution in [2.45, 2.75) is 57.5 Å². The standard InChI is InChI=1S/C30H35ClFN3O4S/c1-4-6-19-33-30(37)28(5-2)34(20-23-9-7-8-10-27(23)31)29(36)21-35(25-15-13-24(32)14-16-25)40(38,39)26-17-11-22(3)12-18-26/h7-18,28H,4-6,19-21H2,1-3H3,(H,33,37)/t28-/m1/s1. The van der Waals surface area contributed by atoms with Crippen LogP contribution in [0.2, 0.25) is 5.02 Å². The summed E-state index contributed by atoms with van der Waals surface area (Å²) in [6, 6.07) is 17.2. The minimum absolute atomic E-state index is 0.0000479. The van der Waals surface area contributed by atoms with Crippen molar-refractivity contribution in [1.29, 1.82) is 0 Å². The second kappa shape index (κ2) is 14.3. The minimum atomic E-state index is -4.23. The van der Waals surface area contributed by atoms with Crippen LogP contribution in [0.25, 0.3) is 0 Å². The van der Waals surface area contributed by atoms with Gasteiger partial charge in [-0.25, -0.2) is 12.8 Å². The van der Waals surface area contributed by atoms with E-state index in [1.165, 1.54) is 29.2 Å². The van der Waals surface area contributed by atoms with Crippen LogP contribution < -0.4 is 9.62 Å². The molecule has 3 aromatic rings. The van der Waals surface area contributed by atoms with Gasteiger partial charge in [-0.15, -0.1) is 0 Å². The molecule has 2 amide bonds. The molecule has 7 nitrogen and oxygen atoms in total. The van der Waals surface area contributed by atoms with Gasteiger partial charge in [0.2, 0.25) is 11.8 Å². The normalized spacial score (nSPS) is 12.0. The Morgan fingerprint density at radius 3 is 2.23 bits per heavy atom. The molecule has 1 atom stereocenters. The number of amides is 2. The molecule has 0 aliphatic heterocycles. The third-order valence-electron chi connectivity index (χ3n) is 6.52. The fraction of sp³-hybridized carbons (Fsp3) is 0.333.